The molecule has 5 rings (SSSR count). The van der Waals surface area contributed by atoms with Crippen molar-refractivity contribution in [2.45, 2.75) is 70.9 Å². The number of nitrogens with zero attached hydrogens (tertiary/aromatic N) is 4. The molecule has 0 unspecified atom stereocenters. The molecule has 0 spiro atoms. The fourth-order valence-corrected chi connectivity index (χ4v) is 5.30. The Labute approximate surface area is 213 Å². The number of carbonyl (C=O) groups is 3. The summed E-state index contributed by atoms with van der Waals surface area (Å²) < 4.78 is 1.78. The zero-order valence-electron chi connectivity index (χ0n) is 21.8. The number of hydrogen-bond donors (Lipinski definition) is 1. The van der Waals surface area contributed by atoms with Gasteiger partial charge in [0.05, 0.1) is 12.5 Å². The first-order chi connectivity index (χ1) is 17.1. The van der Waals surface area contributed by atoms with Crippen molar-refractivity contribution in [3.8, 4) is 0 Å². The van der Waals surface area contributed by atoms with Crippen LogP contribution in [0.25, 0.3) is 0 Å². The predicted molar refractivity (Wildman–Crippen MR) is 137 cm³/mol. The molecule has 2 fully saturated rings. The van der Waals surface area contributed by atoms with Crippen LogP contribution < -0.4 is 5.32 Å². The fraction of sp³-hybridized carbons (Fsp3) is 0.571. The Hall–Kier alpha value is -3.16. The smallest absolute Gasteiger partial charge is 0.274 e. The van der Waals surface area contributed by atoms with Crippen LogP contribution in [-0.4, -0.2) is 63.0 Å². The lowest BCUT2D eigenvalue weighted by Gasteiger charge is -2.32. The van der Waals surface area contributed by atoms with Crippen LogP contribution in [0.5, 0.6) is 0 Å². The van der Waals surface area contributed by atoms with E-state index in [1.54, 1.807) is 9.58 Å². The number of aromatic nitrogens is 2. The minimum absolute atomic E-state index is 0.0264. The van der Waals surface area contributed by atoms with Crippen molar-refractivity contribution < 1.29 is 14.4 Å². The Morgan fingerprint density at radius 2 is 1.69 bits per heavy atom. The molecule has 192 valence electrons. The van der Waals surface area contributed by atoms with Gasteiger partial charge in [-0.25, -0.2) is 0 Å². The Kier molecular flexibility index (Phi) is 6.39. The van der Waals surface area contributed by atoms with Crippen LogP contribution in [0.2, 0.25) is 0 Å². The van der Waals surface area contributed by atoms with Crippen molar-refractivity contribution in [2.75, 3.05) is 19.6 Å². The van der Waals surface area contributed by atoms with Gasteiger partial charge < -0.3 is 15.1 Å². The summed E-state index contributed by atoms with van der Waals surface area (Å²) >= 11 is 0. The quantitative estimate of drug-likeness (QED) is 0.712. The van der Waals surface area contributed by atoms with Gasteiger partial charge in [-0.15, -0.1) is 0 Å². The summed E-state index contributed by atoms with van der Waals surface area (Å²) in [6, 6.07) is 8.16. The highest BCUT2D eigenvalue weighted by molar-refractivity contribution is 5.96. The summed E-state index contributed by atoms with van der Waals surface area (Å²) in [4.78, 5) is 43.1. The molecule has 2 aromatic rings. The number of fused-ring (bicyclic) bond motifs is 1. The first kappa shape index (κ1) is 24.5. The Morgan fingerprint density at radius 1 is 0.972 bits per heavy atom. The molecule has 1 aromatic carbocycles. The van der Waals surface area contributed by atoms with E-state index in [0.717, 1.165) is 36.9 Å². The van der Waals surface area contributed by atoms with Gasteiger partial charge in [0.25, 0.3) is 11.8 Å². The highest BCUT2D eigenvalue weighted by Gasteiger charge is 2.35. The van der Waals surface area contributed by atoms with E-state index in [2.05, 4.69) is 31.2 Å². The maximum atomic E-state index is 13.6. The lowest BCUT2D eigenvalue weighted by atomic mass is 9.86. The highest BCUT2D eigenvalue weighted by Crippen LogP contribution is 2.28. The number of benzene rings is 1. The molecule has 0 radical (unpaired) electrons. The van der Waals surface area contributed by atoms with Gasteiger partial charge in [0.1, 0.15) is 0 Å². The van der Waals surface area contributed by atoms with Crippen LogP contribution in [0.15, 0.2) is 24.3 Å². The largest absolute Gasteiger partial charge is 0.353 e. The first-order valence-corrected chi connectivity index (χ1v) is 13.2. The molecule has 0 bridgehead atoms. The molecule has 1 saturated heterocycles. The van der Waals surface area contributed by atoms with Crippen molar-refractivity contribution in [2.24, 2.45) is 13.0 Å². The lowest BCUT2D eigenvalue weighted by molar-refractivity contribution is -0.126. The molecule has 3 aliphatic rings. The predicted octanol–water partition coefficient (Wildman–Crippen LogP) is 3.05. The average Bonchev–Trinajstić information content (AvgIpc) is 3.63. The van der Waals surface area contributed by atoms with E-state index < -0.39 is 0 Å². The number of rotatable bonds is 4. The lowest BCUT2D eigenvalue weighted by Crippen LogP contribution is -2.46. The second-order valence-corrected chi connectivity index (χ2v) is 11.6. The van der Waals surface area contributed by atoms with Crippen molar-refractivity contribution >= 4 is 17.7 Å². The third kappa shape index (κ3) is 4.90. The third-order valence-corrected chi connectivity index (χ3v) is 7.73. The summed E-state index contributed by atoms with van der Waals surface area (Å²) in [5.41, 5.74) is 4.12. The monoisotopic (exact) mass is 491 g/mol. The van der Waals surface area contributed by atoms with Gasteiger partial charge in [-0.2, -0.15) is 5.10 Å². The standard InChI is InChI=1S/C28H37N5O3/c1-28(2,3)20-9-7-18(8-10-20)26(35)33-15-13-23-22(17-33)24(30-31(23)4)27(36)32-14-5-6-19(16-32)25(34)29-21-11-12-21/h7-10,19,21H,5-6,11-17H2,1-4H3,(H,29,34)/t19-/m0/s1. The minimum Gasteiger partial charge on any atom is -0.353 e. The van der Waals surface area contributed by atoms with Crippen LogP contribution in [0.4, 0.5) is 0 Å². The van der Waals surface area contributed by atoms with Gasteiger partial charge in [0, 0.05) is 56.0 Å². The van der Waals surface area contributed by atoms with E-state index in [1.165, 1.54) is 5.56 Å². The molecule has 36 heavy (non-hydrogen) atoms. The van der Waals surface area contributed by atoms with E-state index in [1.807, 2.05) is 36.2 Å². The van der Waals surface area contributed by atoms with Crippen LogP contribution in [0.3, 0.4) is 0 Å². The summed E-state index contributed by atoms with van der Waals surface area (Å²) in [5, 5.41) is 7.67. The van der Waals surface area contributed by atoms with Gasteiger partial charge in [0.2, 0.25) is 5.91 Å². The molecule has 1 atom stereocenters. The van der Waals surface area contributed by atoms with Crippen LogP contribution in [-0.2, 0) is 30.2 Å². The number of nitrogens with one attached hydrogen (secondary N) is 1. The zero-order valence-corrected chi connectivity index (χ0v) is 21.8. The number of carbonyl (C=O) groups excluding carboxylic acids is 3. The van der Waals surface area contributed by atoms with E-state index in [4.69, 9.17) is 0 Å². The second kappa shape index (κ2) is 9.37. The number of aryl methyl sites for hydroxylation is 1. The van der Waals surface area contributed by atoms with Gasteiger partial charge in [-0.3, -0.25) is 19.1 Å². The number of hydrogen-bond acceptors (Lipinski definition) is 4. The van der Waals surface area contributed by atoms with Gasteiger partial charge in [-0.1, -0.05) is 32.9 Å². The van der Waals surface area contributed by atoms with Crippen molar-refractivity contribution in [1.29, 1.82) is 0 Å². The molecule has 1 aliphatic carbocycles. The summed E-state index contributed by atoms with van der Waals surface area (Å²) in [6.45, 7) is 8.46. The average molecular weight is 492 g/mol. The maximum absolute atomic E-state index is 13.6. The molecular weight excluding hydrogens is 454 g/mol. The molecule has 2 aliphatic heterocycles. The highest BCUT2D eigenvalue weighted by atomic mass is 16.2. The molecule has 3 heterocycles. The van der Waals surface area contributed by atoms with Crippen LogP contribution in [0, 0.1) is 5.92 Å². The SMILES string of the molecule is Cn1nc(C(=O)N2CCC[C@H](C(=O)NC3CC3)C2)c2c1CCN(C(=O)c1ccc(C(C)(C)C)cc1)C2. The van der Waals surface area contributed by atoms with Crippen molar-refractivity contribution in [1.82, 2.24) is 24.9 Å². The van der Waals surface area contributed by atoms with E-state index in [-0.39, 0.29) is 29.1 Å². The van der Waals surface area contributed by atoms with Gasteiger partial charge >= 0.3 is 0 Å². The van der Waals surface area contributed by atoms with E-state index in [9.17, 15) is 14.4 Å². The van der Waals surface area contributed by atoms with E-state index in [0.29, 0.717) is 49.9 Å². The number of piperidine rings is 1. The minimum atomic E-state index is -0.169. The Morgan fingerprint density at radius 3 is 2.36 bits per heavy atom. The normalized spacial score (nSPS) is 20.2. The zero-order chi connectivity index (χ0) is 25.6. The van der Waals surface area contributed by atoms with Gasteiger partial charge in [-0.05, 0) is 48.8 Å². The number of amides is 3. The van der Waals surface area contributed by atoms with Crippen molar-refractivity contribution in [3.05, 3.63) is 52.3 Å². The molecule has 1 aromatic heterocycles. The van der Waals surface area contributed by atoms with Crippen molar-refractivity contribution in [3.63, 3.8) is 0 Å². The summed E-state index contributed by atoms with van der Waals surface area (Å²) in [7, 11) is 1.86. The van der Waals surface area contributed by atoms with Crippen LogP contribution >= 0.6 is 0 Å². The third-order valence-electron chi connectivity index (χ3n) is 7.73. The molecule has 8 nitrogen and oxygen atoms in total. The molecule has 1 N–H and O–H groups in total. The summed E-state index contributed by atoms with van der Waals surface area (Å²) in [5.74, 6) is -0.276. The molecule has 3 amide bonds. The van der Waals surface area contributed by atoms with E-state index >= 15 is 0 Å². The maximum Gasteiger partial charge on any atom is 0.274 e. The van der Waals surface area contributed by atoms with Crippen LogP contribution in [0.1, 0.15) is 84.1 Å². The number of likely N-dealkylation sites (tertiary alicyclic amines) is 1. The Bertz CT molecular complexity index is 1170. The fourth-order valence-electron chi connectivity index (χ4n) is 5.30. The Balaban J connectivity index is 1.31. The van der Waals surface area contributed by atoms with Gasteiger partial charge in [0.15, 0.2) is 5.69 Å². The summed E-state index contributed by atoms with van der Waals surface area (Å²) in [6.07, 6.45) is 4.37. The first-order valence-electron chi connectivity index (χ1n) is 13.2. The topological polar surface area (TPSA) is 87.5 Å². The second-order valence-electron chi connectivity index (χ2n) is 11.6. The molecule has 8 heteroatoms. The molecular formula is C28H37N5O3. The molecule has 1 saturated carbocycles.